The first kappa shape index (κ1) is 21.4. The van der Waals surface area contributed by atoms with Gasteiger partial charge in [0.2, 0.25) is 0 Å². The number of nitrogens with zero attached hydrogens (tertiary/aromatic N) is 3. The highest BCUT2D eigenvalue weighted by molar-refractivity contribution is 5.95. The number of aromatic nitrogens is 3. The van der Waals surface area contributed by atoms with Crippen molar-refractivity contribution in [2.24, 2.45) is 0 Å². The van der Waals surface area contributed by atoms with Gasteiger partial charge < -0.3 is 14.4 Å². The average molecular weight is 411 g/mol. The fraction of sp³-hybridized carbons (Fsp3) is 0.368. The summed E-state index contributed by atoms with van der Waals surface area (Å²) < 4.78 is 11.2. The second kappa shape index (κ2) is 8.89. The van der Waals surface area contributed by atoms with E-state index in [0.717, 1.165) is 46.5 Å². The van der Waals surface area contributed by atoms with Crippen molar-refractivity contribution in [1.29, 1.82) is 0 Å². The molecule has 0 amide bonds. The number of aromatic amines is 1. The average Bonchev–Trinajstić information content (AvgIpc) is 3.26. The van der Waals surface area contributed by atoms with E-state index in [4.69, 9.17) is 9.47 Å². The predicted molar refractivity (Wildman–Crippen MR) is 112 cm³/mol. The second-order valence-corrected chi connectivity index (χ2v) is 6.40. The van der Waals surface area contributed by atoms with Crippen LogP contribution in [0, 0.1) is 6.92 Å². The minimum Gasteiger partial charge on any atom is -0.377 e. The number of benzene rings is 1. The van der Waals surface area contributed by atoms with Crippen LogP contribution in [0.25, 0.3) is 22.0 Å². The van der Waals surface area contributed by atoms with Crippen molar-refractivity contribution in [3.8, 4) is 11.1 Å². The summed E-state index contributed by atoms with van der Waals surface area (Å²) >= 11 is 0. The van der Waals surface area contributed by atoms with Crippen LogP contribution in [0.3, 0.4) is 0 Å². The zero-order valence-corrected chi connectivity index (χ0v) is 17.1. The summed E-state index contributed by atoms with van der Waals surface area (Å²) in [5, 5.41) is 8.29. The van der Waals surface area contributed by atoms with Gasteiger partial charge in [-0.15, -0.1) is 24.8 Å². The van der Waals surface area contributed by atoms with Crippen LogP contribution in [0.4, 0.5) is 5.69 Å². The highest BCUT2D eigenvalue weighted by atomic mass is 35.5. The SMILES string of the molecule is CO[C@H]1CN(c2ccnc3ccc(-c4c[nH]nc4C)cc23)C[C@@H]1OC.Cl.Cl. The lowest BCUT2D eigenvalue weighted by Gasteiger charge is -2.20. The van der Waals surface area contributed by atoms with Crippen molar-refractivity contribution in [2.45, 2.75) is 19.1 Å². The third kappa shape index (κ3) is 3.89. The number of hydrogen-bond acceptors (Lipinski definition) is 5. The second-order valence-electron chi connectivity index (χ2n) is 6.40. The third-order valence-electron chi connectivity index (χ3n) is 5.02. The van der Waals surface area contributed by atoms with Gasteiger partial charge in [-0.3, -0.25) is 10.1 Å². The summed E-state index contributed by atoms with van der Waals surface area (Å²) in [6.07, 6.45) is 3.95. The first-order valence-corrected chi connectivity index (χ1v) is 8.41. The molecule has 8 heteroatoms. The fourth-order valence-electron chi connectivity index (χ4n) is 3.62. The van der Waals surface area contributed by atoms with Gasteiger partial charge >= 0.3 is 0 Å². The van der Waals surface area contributed by atoms with Crippen molar-refractivity contribution in [3.63, 3.8) is 0 Å². The molecule has 27 heavy (non-hydrogen) atoms. The molecule has 1 N–H and O–H groups in total. The minimum absolute atomic E-state index is 0. The summed E-state index contributed by atoms with van der Waals surface area (Å²) in [4.78, 5) is 6.84. The molecule has 146 valence electrons. The highest BCUT2D eigenvalue weighted by Crippen LogP contribution is 2.33. The van der Waals surface area contributed by atoms with Gasteiger partial charge in [0, 0.05) is 56.3 Å². The number of H-pyrrole nitrogens is 1. The molecule has 1 aromatic carbocycles. The smallest absolute Gasteiger partial charge is 0.102 e. The van der Waals surface area contributed by atoms with E-state index in [2.05, 4.69) is 44.3 Å². The lowest BCUT2D eigenvalue weighted by Crippen LogP contribution is -2.27. The number of nitrogens with one attached hydrogen (secondary N) is 1. The van der Waals surface area contributed by atoms with E-state index in [1.54, 1.807) is 14.2 Å². The van der Waals surface area contributed by atoms with E-state index in [1.165, 1.54) is 0 Å². The number of hydrogen-bond donors (Lipinski definition) is 1. The Morgan fingerprint density at radius 2 is 1.78 bits per heavy atom. The molecule has 0 saturated carbocycles. The summed E-state index contributed by atoms with van der Waals surface area (Å²) in [7, 11) is 3.48. The Labute approximate surface area is 171 Å². The Morgan fingerprint density at radius 3 is 2.37 bits per heavy atom. The van der Waals surface area contributed by atoms with Crippen LogP contribution in [-0.2, 0) is 9.47 Å². The number of ether oxygens (including phenoxy) is 2. The summed E-state index contributed by atoms with van der Waals surface area (Å²) in [6.45, 7) is 3.62. The van der Waals surface area contributed by atoms with Crippen molar-refractivity contribution in [1.82, 2.24) is 15.2 Å². The molecule has 0 radical (unpaired) electrons. The van der Waals surface area contributed by atoms with E-state index in [-0.39, 0.29) is 37.0 Å². The topological polar surface area (TPSA) is 63.3 Å². The molecule has 4 rings (SSSR count). The molecular formula is C19H24Cl2N4O2. The van der Waals surface area contributed by atoms with Crippen LogP contribution in [-0.4, -0.2) is 54.7 Å². The molecule has 1 saturated heterocycles. The maximum absolute atomic E-state index is 5.58. The molecule has 0 unspecified atom stereocenters. The predicted octanol–water partition coefficient (Wildman–Crippen LogP) is 3.63. The molecule has 1 fully saturated rings. The lowest BCUT2D eigenvalue weighted by atomic mass is 10.0. The van der Waals surface area contributed by atoms with E-state index >= 15 is 0 Å². The molecule has 3 aromatic rings. The molecule has 2 atom stereocenters. The Balaban J connectivity index is 0.00000131. The maximum Gasteiger partial charge on any atom is 0.102 e. The van der Waals surface area contributed by atoms with Crippen LogP contribution in [0.2, 0.25) is 0 Å². The monoisotopic (exact) mass is 410 g/mol. The molecule has 0 aliphatic carbocycles. The molecule has 1 aliphatic rings. The first-order valence-electron chi connectivity index (χ1n) is 8.41. The standard InChI is InChI=1S/C19H22N4O2.2ClH/c1-12-15(9-21-22-12)13-4-5-16-14(8-13)17(6-7-20-16)23-10-18(24-2)19(11-23)25-3;;/h4-9,18-19H,10-11H2,1-3H3,(H,21,22);2*1H/t18-,19-;;/m0../s1. The normalized spacial score (nSPS) is 19.0. The summed E-state index contributed by atoms with van der Waals surface area (Å²) in [5.41, 5.74) is 5.39. The van der Waals surface area contributed by atoms with Gasteiger partial charge in [-0.25, -0.2) is 0 Å². The quantitative estimate of drug-likeness (QED) is 0.711. The highest BCUT2D eigenvalue weighted by Gasteiger charge is 2.33. The van der Waals surface area contributed by atoms with Gasteiger partial charge in [0.05, 0.1) is 11.2 Å². The van der Waals surface area contributed by atoms with Crippen molar-refractivity contribution in [2.75, 3.05) is 32.2 Å². The molecule has 6 nitrogen and oxygen atoms in total. The van der Waals surface area contributed by atoms with Gasteiger partial charge in [-0.05, 0) is 30.7 Å². The van der Waals surface area contributed by atoms with Gasteiger partial charge in [-0.1, -0.05) is 6.07 Å². The van der Waals surface area contributed by atoms with Crippen molar-refractivity contribution >= 4 is 41.4 Å². The maximum atomic E-state index is 5.58. The number of aryl methyl sites for hydroxylation is 1. The Kier molecular flexibility index (Phi) is 7.06. The summed E-state index contributed by atoms with van der Waals surface area (Å²) in [6, 6.07) is 8.42. The molecular weight excluding hydrogens is 387 g/mol. The zero-order valence-electron chi connectivity index (χ0n) is 15.5. The molecule has 2 aromatic heterocycles. The van der Waals surface area contributed by atoms with E-state index in [9.17, 15) is 0 Å². The number of rotatable bonds is 4. The Bertz CT molecular complexity index is 890. The number of anilines is 1. The van der Waals surface area contributed by atoms with Gasteiger partial charge in [0.15, 0.2) is 0 Å². The Morgan fingerprint density at radius 1 is 1.07 bits per heavy atom. The van der Waals surface area contributed by atoms with Crippen LogP contribution in [0.5, 0.6) is 0 Å². The van der Waals surface area contributed by atoms with E-state index < -0.39 is 0 Å². The van der Waals surface area contributed by atoms with Gasteiger partial charge in [-0.2, -0.15) is 5.10 Å². The molecule has 1 aliphatic heterocycles. The largest absolute Gasteiger partial charge is 0.377 e. The number of methoxy groups -OCH3 is 2. The molecule has 3 heterocycles. The fourth-order valence-corrected chi connectivity index (χ4v) is 3.62. The first-order chi connectivity index (χ1) is 12.2. The zero-order chi connectivity index (χ0) is 17.4. The number of fused-ring (bicyclic) bond motifs is 1. The number of halogens is 2. The van der Waals surface area contributed by atoms with E-state index in [1.807, 2.05) is 19.3 Å². The lowest BCUT2D eigenvalue weighted by molar-refractivity contribution is -0.00461. The minimum atomic E-state index is 0. The third-order valence-corrected chi connectivity index (χ3v) is 5.02. The van der Waals surface area contributed by atoms with Crippen LogP contribution in [0.1, 0.15) is 5.69 Å². The van der Waals surface area contributed by atoms with Gasteiger partial charge in [0.25, 0.3) is 0 Å². The van der Waals surface area contributed by atoms with Crippen LogP contribution in [0.15, 0.2) is 36.7 Å². The molecule has 0 bridgehead atoms. The summed E-state index contributed by atoms with van der Waals surface area (Å²) in [5.74, 6) is 0. The van der Waals surface area contributed by atoms with Crippen LogP contribution < -0.4 is 4.90 Å². The van der Waals surface area contributed by atoms with Crippen molar-refractivity contribution < 1.29 is 9.47 Å². The number of pyridine rings is 1. The Hall–Kier alpha value is -1.86. The molecule has 0 spiro atoms. The van der Waals surface area contributed by atoms with E-state index in [0.29, 0.717) is 0 Å². The van der Waals surface area contributed by atoms with Crippen molar-refractivity contribution in [3.05, 3.63) is 42.4 Å². The van der Waals surface area contributed by atoms with Crippen LogP contribution >= 0.6 is 24.8 Å². The van der Waals surface area contributed by atoms with Gasteiger partial charge in [0.1, 0.15) is 12.2 Å².